The molecule has 0 saturated heterocycles. The van der Waals surface area contributed by atoms with Crippen molar-refractivity contribution in [1.82, 2.24) is 0 Å². The Morgan fingerprint density at radius 2 is 1.97 bits per heavy atom. The van der Waals surface area contributed by atoms with Crippen molar-refractivity contribution in [3.05, 3.63) is 57.8 Å². The van der Waals surface area contributed by atoms with Gasteiger partial charge in [-0.25, -0.2) is 9.18 Å². The molecule has 0 radical (unpaired) electrons. The molecule has 0 aliphatic carbocycles. The number of methoxy groups -OCH3 is 2. The lowest BCUT2D eigenvalue weighted by molar-refractivity contribution is -0.142. The number of benzene rings is 2. The van der Waals surface area contributed by atoms with Crippen LogP contribution in [0.5, 0.6) is 11.5 Å². The molecular weight excluding hydrogens is 447 g/mol. The third kappa shape index (κ3) is 5.80. The first-order chi connectivity index (χ1) is 13.9. The zero-order valence-corrected chi connectivity index (χ0v) is 17.1. The zero-order chi connectivity index (χ0) is 21.4. The van der Waals surface area contributed by atoms with E-state index in [1.807, 2.05) is 0 Å². The summed E-state index contributed by atoms with van der Waals surface area (Å²) in [6.45, 7) is -0.316. The first kappa shape index (κ1) is 21.9. The minimum atomic E-state index is -0.769. The molecule has 0 aromatic heterocycles. The van der Waals surface area contributed by atoms with Crippen molar-refractivity contribution in [2.24, 2.45) is 0 Å². The van der Waals surface area contributed by atoms with Gasteiger partial charge in [0, 0.05) is 4.47 Å². The number of carbonyl (C=O) groups excluding carboxylic acids is 2. The van der Waals surface area contributed by atoms with Crippen LogP contribution < -0.4 is 14.8 Å². The zero-order valence-electron chi connectivity index (χ0n) is 15.5. The second kappa shape index (κ2) is 10.2. The molecule has 9 heteroatoms. The van der Waals surface area contributed by atoms with Crippen molar-refractivity contribution in [3.63, 3.8) is 0 Å². The second-order valence-electron chi connectivity index (χ2n) is 5.49. The lowest BCUT2D eigenvalue weighted by Crippen LogP contribution is -2.14. The van der Waals surface area contributed by atoms with E-state index in [0.29, 0.717) is 10.0 Å². The number of ether oxygens (including phenoxy) is 3. The fourth-order valence-electron chi connectivity index (χ4n) is 2.19. The van der Waals surface area contributed by atoms with E-state index < -0.39 is 17.7 Å². The Morgan fingerprint density at radius 3 is 2.59 bits per heavy atom. The normalized spacial score (nSPS) is 10.7. The summed E-state index contributed by atoms with van der Waals surface area (Å²) in [4.78, 5) is 23.6. The molecule has 150 valence electrons. The molecular formula is C20H16BrFN2O5. The van der Waals surface area contributed by atoms with E-state index in [-0.39, 0.29) is 29.4 Å². The summed E-state index contributed by atoms with van der Waals surface area (Å²) in [5.74, 6) is -1.42. The maximum atomic E-state index is 13.7. The van der Waals surface area contributed by atoms with Crippen LogP contribution in [-0.2, 0) is 14.3 Å². The number of hydrogen-bond donors (Lipinski definition) is 1. The highest BCUT2D eigenvalue weighted by atomic mass is 79.9. The SMILES string of the molecule is COC(=O)COc1cc(Br)c(/C=C(/C#N)C(=O)Nc2ccccc2F)cc1OC. The molecule has 1 N–H and O–H groups in total. The Balaban J connectivity index is 2.30. The molecule has 0 fully saturated rings. The van der Waals surface area contributed by atoms with E-state index in [0.717, 1.165) is 0 Å². The Morgan fingerprint density at radius 1 is 1.24 bits per heavy atom. The van der Waals surface area contributed by atoms with Gasteiger partial charge in [0.25, 0.3) is 5.91 Å². The number of hydrogen-bond acceptors (Lipinski definition) is 6. The summed E-state index contributed by atoms with van der Waals surface area (Å²) >= 11 is 3.32. The van der Waals surface area contributed by atoms with Crippen molar-refractivity contribution in [2.45, 2.75) is 0 Å². The van der Waals surface area contributed by atoms with Crippen LogP contribution >= 0.6 is 15.9 Å². The van der Waals surface area contributed by atoms with Crippen LogP contribution in [0.25, 0.3) is 6.08 Å². The van der Waals surface area contributed by atoms with Crippen LogP contribution in [0.4, 0.5) is 10.1 Å². The van der Waals surface area contributed by atoms with E-state index in [1.165, 1.54) is 50.6 Å². The molecule has 0 aliphatic heterocycles. The van der Waals surface area contributed by atoms with Gasteiger partial charge < -0.3 is 19.5 Å². The third-order valence-electron chi connectivity index (χ3n) is 3.64. The second-order valence-corrected chi connectivity index (χ2v) is 6.35. The quantitative estimate of drug-likeness (QED) is 0.382. The molecule has 0 heterocycles. The summed E-state index contributed by atoms with van der Waals surface area (Å²) in [6, 6.07) is 10.5. The number of para-hydroxylation sites is 1. The minimum Gasteiger partial charge on any atom is -0.493 e. The molecule has 0 spiro atoms. The standard InChI is InChI=1S/C20H16BrFN2O5/c1-27-17-8-12(14(21)9-18(17)29-11-19(25)28-2)7-13(10-23)20(26)24-16-6-4-3-5-15(16)22/h3-9H,11H2,1-2H3,(H,24,26)/b13-7-. The minimum absolute atomic E-state index is 0.0399. The van der Waals surface area contributed by atoms with Gasteiger partial charge in [0.1, 0.15) is 17.5 Å². The van der Waals surface area contributed by atoms with Crippen molar-refractivity contribution >= 4 is 39.6 Å². The molecule has 0 saturated carbocycles. The van der Waals surface area contributed by atoms with Gasteiger partial charge in [-0.1, -0.05) is 28.1 Å². The van der Waals surface area contributed by atoms with Crippen LogP contribution in [-0.4, -0.2) is 32.7 Å². The number of nitrogens with one attached hydrogen (secondary N) is 1. The number of nitrogens with zero attached hydrogens (tertiary/aromatic N) is 1. The average molecular weight is 463 g/mol. The van der Waals surface area contributed by atoms with Gasteiger partial charge in [-0.05, 0) is 35.9 Å². The molecule has 0 aliphatic rings. The molecule has 1 amide bonds. The topological polar surface area (TPSA) is 97.7 Å². The number of amides is 1. The number of esters is 1. The summed E-state index contributed by atoms with van der Waals surface area (Å²) in [5, 5.41) is 11.7. The average Bonchev–Trinajstić information content (AvgIpc) is 2.72. The van der Waals surface area contributed by atoms with Crippen molar-refractivity contribution < 1.29 is 28.2 Å². The maximum Gasteiger partial charge on any atom is 0.343 e. The molecule has 2 rings (SSSR count). The van der Waals surface area contributed by atoms with E-state index in [2.05, 4.69) is 26.0 Å². The van der Waals surface area contributed by atoms with Crippen LogP contribution in [0.1, 0.15) is 5.56 Å². The van der Waals surface area contributed by atoms with E-state index in [1.54, 1.807) is 12.1 Å². The van der Waals surface area contributed by atoms with Gasteiger partial charge in [0.15, 0.2) is 18.1 Å². The number of nitriles is 1. The van der Waals surface area contributed by atoms with Gasteiger partial charge >= 0.3 is 5.97 Å². The fourth-order valence-corrected chi connectivity index (χ4v) is 2.62. The molecule has 0 atom stereocenters. The van der Waals surface area contributed by atoms with E-state index in [9.17, 15) is 19.2 Å². The summed E-state index contributed by atoms with van der Waals surface area (Å²) < 4.78 is 29.3. The number of anilines is 1. The van der Waals surface area contributed by atoms with Gasteiger partial charge in [-0.15, -0.1) is 0 Å². The maximum absolute atomic E-state index is 13.7. The highest BCUT2D eigenvalue weighted by Gasteiger charge is 2.15. The van der Waals surface area contributed by atoms with Crippen molar-refractivity contribution in [1.29, 1.82) is 5.26 Å². The van der Waals surface area contributed by atoms with Crippen LogP contribution in [0.2, 0.25) is 0 Å². The molecule has 0 unspecified atom stereocenters. The predicted molar refractivity (Wildman–Crippen MR) is 107 cm³/mol. The number of carbonyl (C=O) groups is 2. The Bertz CT molecular complexity index is 1000. The summed E-state index contributed by atoms with van der Waals surface area (Å²) in [5.41, 5.74) is 0.147. The van der Waals surface area contributed by atoms with Gasteiger partial charge in [-0.3, -0.25) is 4.79 Å². The van der Waals surface area contributed by atoms with Crippen LogP contribution in [0.3, 0.4) is 0 Å². The Labute approximate surface area is 174 Å². The molecule has 7 nitrogen and oxygen atoms in total. The van der Waals surface area contributed by atoms with E-state index in [4.69, 9.17) is 9.47 Å². The summed E-state index contributed by atoms with van der Waals surface area (Å²) in [7, 11) is 2.64. The number of rotatable bonds is 7. The lowest BCUT2D eigenvalue weighted by Gasteiger charge is -2.12. The Hall–Kier alpha value is -3.38. The van der Waals surface area contributed by atoms with Crippen LogP contribution in [0, 0.1) is 17.1 Å². The highest BCUT2D eigenvalue weighted by Crippen LogP contribution is 2.34. The highest BCUT2D eigenvalue weighted by molar-refractivity contribution is 9.10. The van der Waals surface area contributed by atoms with Gasteiger partial charge in [0.05, 0.1) is 19.9 Å². The molecule has 2 aromatic carbocycles. The molecule has 2 aromatic rings. The monoisotopic (exact) mass is 462 g/mol. The van der Waals surface area contributed by atoms with Gasteiger partial charge in [-0.2, -0.15) is 5.26 Å². The van der Waals surface area contributed by atoms with Crippen molar-refractivity contribution in [3.8, 4) is 17.6 Å². The smallest absolute Gasteiger partial charge is 0.343 e. The van der Waals surface area contributed by atoms with Crippen molar-refractivity contribution in [2.75, 3.05) is 26.1 Å². The molecule has 0 bridgehead atoms. The third-order valence-corrected chi connectivity index (χ3v) is 4.33. The van der Waals surface area contributed by atoms with Gasteiger partial charge in [0.2, 0.25) is 0 Å². The van der Waals surface area contributed by atoms with E-state index >= 15 is 0 Å². The number of halogens is 2. The first-order valence-corrected chi connectivity index (χ1v) is 8.93. The first-order valence-electron chi connectivity index (χ1n) is 8.14. The largest absolute Gasteiger partial charge is 0.493 e. The molecule has 29 heavy (non-hydrogen) atoms. The van der Waals surface area contributed by atoms with Crippen LogP contribution in [0.15, 0.2) is 46.4 Å². The lowest BCUT2D eigenvalue weighted by atomic mass is 10.1. The summed E-state index contributed by atoms with van der Waals surface area (Å²) in [6.07, 6.45) is 1.31. The predicted octanol–water partition coefficient (Wildman–Crippen LogP) is 3.69. The fraction of sp³-hybridized carbons (Fsp3) is 0.150. The Kier molecular flexibility index (Phi) is 7.74.